The molecule has 0 aliphatic heterocycles. The van der Waals surface area contributed by atoms with E-state index in [2.05, 4.69) is 13.8 Å². The zero-order valence-electron chi connectivity index (χ0n) is 7.14. The average molecular weight is 141 g/mol. The topological polar surface area (TPSA) is 26.0 Å². The van der Waals surface area contributed by atoms with Crippen LogP contribution in [0.3, 0.4) is 0 Å². The molecule has 1 rings (SSSR count). The summed E-state index contributed by atoms with van der Waals surface area (Å²) in [5.74, 6) is 1.50. The summed E-state index contributed by atoms with van der Waals surface area (Å²) in [7, 11) is 0. The van der Waals surface area contributed by atoms with Gasteiger partial charge in [0, 0.05) is 6.04 Å². The van der Waals surface area contributed by atoms with Crippen molar-refractivity contribution in [1.82, 2.24) is 0 Å². The van der Waals surface area contributed by atoms with Crippen LogP contribution in [0.15, 0.2) is 0 Å². The number of hydrogen-bond acceptors (Lipinski definition) is 1. The van der Waals surface area contributed by atoms with Crippen molar-refractivity contribution in [2.24, 2.45) is 17.6 Å². The van der Waals surface area contributed by atoms with E-state index in [1.807, 2.05) is 0 Å². The smallest absolute Gasteiger partial charge is 0.00903 e. The van der Waals surface area contributed by atoms with Gasteiger partial charge in [0.1, 0.15) is 0 Å². The van der Waals surface area contributed by atoms with Gasteiger partial charge >= 0.3 is 0 Å². The van der Waals surface area contributed by atoms with Crippen molar-refractivity contribution in [3.05, 3.63) is 0 Å². The van der Waals surface area contributed by atoms with Gasteiger partial charge in [-0.05, 0) is 24.7 Å². The minimum absolute atomic E-state index is 0.461. The van der Waals surface area contributed by atoms with Gasteiger partial charge in [0.15, 0.2) is 0 Å². The first-order valence-corrected chi connectivity index (χ1v) is 4.47. The lowest BCUT2D eigenvalue weighted by atomic mass is 9.90. The van der Waals surface area contributed by atoms with Crippen LogP contribution in [-0.4, -0.2) is 6.04 Å². The maximum absolute atomic E-state index is 6.02. The van der Waals surface area contributed by atoms with E-state index in [0.29, 0.717) is 12.0 Å². The molecule has 1 aliphatic carbocycles. The number of hydrogen-bond donors (Lipinski definition) is 1. The van der Waals surface area contributed by atoms with E-state index >= 15 is 0 Å². The summed E-state index contributed by atoms with van der Waals surface area (Å²) in [6.45, 7) is 4.45. The van der Waals surface area contributed by atoms with Crippen LogP contribution in [0.25, 0.3) is 0 Å². The summed E-state index contributed by atoms with van der Waals surface area (Å²) in [6, 6.07) is 0.461. The maximum atomic E-state index is 6.02. The first kappa shape index (κ1) is 8.06. The van der Waals surface area contributed by atoms with E-state index in [0.717, 1.165) is 5.92 Å². The van der Waals surface area contributed by atoms with Gasteiger partial charge in [0.2, 0.25) is 0 Å². The second-order valence-corrected chi connectivity index (χ2v) is 3.87. The summed E-state index contributed by atoms with van der Waals surface area (Å²) >= 11 is 0. The molecule has 0 radical (unpaired) electrons. The summed E-state index contributed by atoms with van der Waals surface area (Å²) < 4.78 is 0. The van der Waals surface area contributed by atoms with Crippen LogP contribution >= 0.6 is 0 Å². The van der Waals surface area contributed by atoms with Gasteiger partial charge in [-0.2, -0.15) is 0 Å². The highest BCUT2D eigenvalue weighted by molar-refractivity contribution is 4.79. The van der Waals surface area contributed by atoms with Gasteiger partial charge in [-0.25, -0.2) is 0 Å². The third-order valence-corrected chi connectivity index (χ3v) is 2.71. The summed E-state index contributed by atoms with van der Waals surface area (Å²) in [5, 5.41) is 0. The summed E-state index contributed by atoms with van der Waals surface area (Å²) in [4.78, 5) is 0. The highest BCUT2D eigenvalue weighted by Gasteiger charge is 2.23. The Balaban J connectivity index is 2.32. The van der Waals surface area contributed by atoms with Crippen molar-refractivity contribution in [2.75, 3.05) is 0 Å². The second-order valence-electron chi connectivity index (χ2n) is 3.87. The molecular weight excluding hydrogens is 122 g/mol. The van der Waals surface area contributed by atoms with E-state index in [1.54, 1.807) is 0 Å². The molecule has 0 bridgehead atoms. The number of nitrogens with two attached hydrogens (primary N) is 1. The highest BCUT2D eigenvalue weighted by Crippen LogP contribution is 2.29. The molecule has 60 valence electrons. The fourth-order valence-electron chi connectivity index (χ4n) is 1.89. The molecule has 1 aliphatic rings. The van der Waals surface area contributed by atoms with Gasteiger partial charge < -0.3 is 5.73 Å². The van der Waals surface area contributed by atoms with Gasteiger partial charge in [0.05, 0.1) is 0 Å². The molecule has 10 heavy (non-hydrogen) atoms. The second kappa shape index (κ2) is 3.38. The Morgan fingerprint density at radius 3 is 2.10 bits per heavy atom. The first-order valence-electron chi connectivity index (χ1n) is 4.47. The van der Waals surface area contributed by atoms with Gasteiger partial charge in [-0.1, -0.05) is 26.7 Å². The molecule has 0 aromatic carbocycles. The molecule has 1 unspecified atom stereocenters. The van der Waals surface area contributed by atoms with Crippen molar-refractivity contribution < 1.29 is 0 Å². The third-order valence-electron chi connectivity index (χ3n) is 2.71. The minimum atomic E-state index is 0.461. The molecular formula is C9H19N. The lowest BCUT2D eigenvalue weighted by Gasteiger charge is -2.22. The van der Waals surface area contributed by atoms with Crippen molar-refractivity contribution >= 4 is 0 Å². The van der Waals surface area contributed by atoms with E-state index in [4.69, 9.17) is 5.73 Å². The molecule has 1 nitrogen and oxygen atoms in total. The van der Waals surface area contributed by atoms with Gasteiger partial charge in [-0.3, -0.25) is 0 Å². The highest BCUT2D eigenvalue weighted by atomic mass is 14.7. The molecule has 1 fully saturated rings. The van der Waals surface area contributed by atoms with Crippen LogP contribution in [-0.2, 0) is 0 Å². The van der Waals surface area contributed by atoms with Crippen LogP contribution in [0.4, 0.5) is 0 Å². The molecule has 1 heteroatoms. The molecule has 0 heterocycles. The normalized spacial score (nSPS) is 24.0. The van der Waals surface area contributed by atoms with Crippen molar-refractivity contribution in [1.29, 1.82) is 0 Å². The van der Waals surface area contributed by atoms with E-state index < -0.39 is 0 Å². The monoisotopic (exact) mass is 141 g/mol. The van der Waals surface area contributed by atoms with Crippen LogP contribution in [0.1, 0.15) is 39.5 Å². The zero-order valence-corrected chi connectivity index (χ0v) is 7.14. The zero-order chi connectivity index (χ0) is 7.56. The Morgan fingerprint density at radius 1 is 1.20 bits per heavy atom. The lowest BCUT2D eigenvalue weighted by Crippen LogP contribution is -2.33. The van der Waals surface area contributed by atoms with Crippen molar-refractivity contribution in [3.8, 4) is 0 Å². The molecule has 0 saturated heterocycles. The quantitative estimate of drug-likeness (QED) is 0.626. The Labute approximate surface area is 64.0 Å². The Kier molecular flexibility index (Phi) is 2.72. The van der Waals surface area contributed by atoms with Crippen LogP contribution in [0, 0.1) is 11.8 Å². The van der Waals surface area contributed by atoms with E-state index in [9.17, 15) is 0 Å². The first-order chi connectivity index (χ1) is 4.72. The Morgan fingerprint density at radius 2 is 1.70 bits per heavy atom. The number of rotatable bonds is 2. The van der Waals surface area contributed by atoms with Crippen LogP contribution in [0.2, 0.25) is 0 Å². The molecule has 0 aromatic rings. The standard InChI is InChI=1S/C9H19N/c1-7(2)9(10)8-5-3-4-6-8/h7-9H,3-6,10H2,1-2H3. The summed E-state index contributed by atoms with van der Waals surface area (Å²) in [6.07, 6.45) is 5.56. The molecule has 0 spiro atoms. The maximum Gasteiger partial charge on any atom is 0.00903 e. The lowest BCUT2D eigenvalue weighted by molar-refractivity contribution is 0.347. The molecule has 1 saturated carbocycles. The fraction of sp³-hybridized carbons (Fsp3) is 1.00. The predicted molar refractivity (Wildman–Crippen MR) is 44.8 cm³/mol. The molecule has 2 N–H and O–H groups in total. The minimum Gasteiger partial charge on any atom is -0.327 e. The SMILES string of the molecule is CC(C)C(N)C1CCCC1. The van der Waals surface area contributed by atoms with E-state index in [1.165, 1.54) is 25.7 Å². The third kappa shape index (κ3) is 1.72. The van der Waals surface area contributed by atoms with Crippen LogP contribution < -0.4 is 5.73 Å². The Bertz CT molecular complexity index is 92.9. The Hall–Kier alpha value is -0.0400. The summed E-state index contributed by atoms with van der Waals surface area (Å²) in [5.41, 5.74) is 6.02. The predicted octanol–water partition coefficient (Wildman–Crippen LogP) is 2.16. The van der Waals surface area contributed by atoms with Crippen molar-refractivity contribution in [3.63, 3.8) is 0 Å². The average Bonchev–Trinajstić information content (AvgIpc) is 2.36. The van der Waals surface area contributed by atoms with Gasteiger partial charge in [-0.15, -0.1) is 0 Å². The molecule has 0 amide bonds. The molecule has 1 atom stereocenters. The fourth-order valence-corrected chi connectivity index (χ4v) is 1.89. The van der Waals surface area contributed by atoms with E-state index in [-0.39, 0.29) is 0 Å². The van der Waals surface area contributed by atoms with Crippen LogP contribution in [0.5, 0.6) is 0 Å². The molecule has 0 aromatic heterocycles. The van der Waals surface area contributed by atoms with Gasteiger partial charge in [0.25, 0.3) is 0 Å². The van der Waals surface area contributed by atoms with Crippen molar-refractivity contribution in [2.45, 2.75) is 45.6 Å². The largest absolute Gasteiger partial charge is 0.327 e.